The normalized spacial score (nSPS) is 15.9. The molecule has 2 atom stereocenters. The van der Waals surface area contributed by atoms with E-state index < -0.39 is 0 Å². The van der Waals surface area contributed by atoms with Gasteiger partial charge >= 0.3 is 0 Å². The van der Waals surface area contributed by atoms with Gasteiger partial charge in [-0.3, -0.25) is 0 Å². The summed E-state index contributed by atoms with van der Waals surface area (Å²) in [7, 11) is 0. The molecule has 0 aromatic heterocycles. The Morgan fingerprint density at radius 3 is 2.36 bits per heavy atom. The Morgan fingerprint density at radius 1 is 1.36 bits per heavy atom. The van der Waals surface area contributed by atoms with Crippen molar-refractivity contribution in [3.8, 4) is 0 Å². The minimum Gasteiger partial charge on any atom is -0.103 e. The summed E-state index contributed by atoms with van der Waals surface area (Å²) in [5.41, 5.74) is 0. The molecule has 0 aromatic rings. The smallest absolute Gasteiger partial charge is 0.0213 e. The molecule has 0 spiro atoms. The molecule has 0 nitrogen and oxygen atoms in total. The van der Waals surface area contributed by atoms with E-state index in [9.17, 15) is 0 Å². The maximum atomic E-state index is 3.86. The predicted molar refractivity (Wildman–Crippen MR) is 52.7 cm³/mol. The molecule has 0 aliphatic heterocycles. The lowest BCUT2D eigenvalue weighted by Gasteiger charge is -2.18. The maximum absolute atomic E-state index is 3.86. The van der Waals surface area contributed by atoms with E-state index in [2.05, 4.69) is 33.4 Å². The van der Waals surface area contributed by atoms with Gasteiger partial charge in [0, 0.05) is 0 Å². The second-order valence-corrected chi connectivity index (χ2v) is 3.43. The number of unbranched alkanes of at least 4 members (excludes halogenated alkanes) is 1. The largest absolute Gasteiger partial charge is 0.103 e. The highest BCUT2D eigenvalue weighted by atomic mass is 14.2. The van der Waals surface area contributed by atoms with Crippen molar-refractivity contribution in [2.24, 2.45) is 11.8 Å². The van der Waals surface area contributed by atoms with Crippen molar-refractivity contribution < 1.29 is 0 Å². The van der Waals surface area contributed by atoms with Crippen molar-refractivity contribution >= 4 is 0 Å². The quantitative estimate of drug-likeness (QED) is 0.507. The summed E-state index contributed by atoms with van der Waals surface area (Å²) >= 11 is 0. The average Bonchev–Trinajstić information content (AvgIpc) is 2.03. The van der Waals surface area contributed by atoms with Crippen molar-refractivity contribution in [2.45, 2.75) is 46.5 Å². The zero-order valence-corrected chi connectivity index (χ0v) is 8.27. The van der Waals surface area contributed by atoms with Gasteiger partial charge < -0.3 is 0 Å². The molecule has 0 bridgehead atoms. The fraction of sp³-hybridized carbons (Fsp3) is 0.818. The standard InChI is InChI=1S/C11H22/c1-5-8-9-10(4)11(6-2)7-3/h6,10-11H,2,5,7-9H2,1,3-4H3. The van der Waals surface area contributed by atoms with Crippen LogP contribution < -0.4 is 0 Å². The summed E-state index contributed by atoms with van der Waals surface area (Å²) in [6, 6.07) is 0. The van der Waals surface area contributed by atoms with Crippen LogP contribution >= 0.6 is 0 Å². The predicted octanol–water partition coefficient (Wildman–Crippen LogP) is 4.02. The lowest BCUT2D eigenvalue weighted by Crippen LogP contribution is -2.07. The molecule has 66 valence electrons. The fourth-order valence-corrected chi connectivity index (χ4v) is 1.54. The molecule has 0 aliphatic carbocycles. The summed E-state index contributed by atoms with van der Waals surface area (Å²) in [6.07, 6.45) is 7.40. The molecule has 0 fully saturated rings. The Morgan fingerprint density at radius 2 is 2.00 bits per heavy atom. The molecule has 0 heteroatoms. The first kappa shape index (κ1) is 10.7. The van der Waals surface area contributed by atoms with Crippen LogP contribution in [0.15, 0.2) is 12.7 Å². The van der Waals surface area contributed by atoms with Crippen LogP contribution in [0.4, 0.5) is 0 Å². The van der Waals surface area contributed by atoms with E-state index in [-0.39, 0.29) is 0 Å². The second-order valence-electron chi connectivity index (χ2n) is 3.43. The van der Waals surface area contributed by atoms with Gasteiger partial charge in [-0.15, -0.1) is 6.58 Å². The van der Waals surface area contributed by atoms with E-state index in [4.69, 9.17) is 0 Å². The Kier molecular flexibility index (Phi) is 6.30. The maximum Gasteiger partial charge on any atom is -0.0213 e. The van der Waals surface area contributed by atoms with Crippen LogP contribution in [-0.4, -0.2) is 0 Å². The number of allylic oxidation sites excluding steroid dienone is 1. The highest BCUT2D eigenvalue weighted by molar-refractivity contribution is 4.81. The highest BCUT2D eigenvalue weighted by Gasteiger charge is 2.10. The fourth-order valence-electron chi connectivity index (χ4n) is 1.54. The van der Waals surface area contributed by atoms with Gasteiger partial charge in [-0.2, -0.15) is 0 Å². The van der Waals surface area contributed by atoms with Crippen LogP contribution in [0.1, 0.15) is 46.5 Å². The minimum atomic E-state index is 0.738. The van der Waals surface area contributed by atoms with E-state index >= 15 is 0 Å². The SMILES string of the molecule is C=CC(CC)C(C)CCCC. The zero-order chi connectivity index (χ0) is 8.69. The van der Waals surface area contributed by atoms with Crippen molar-refractivity contribution in [2.75, 3.05) is 0 Å². The molecule has 0 heterocycles. The molecule has 0 saturated heterocycles. The van der Waals surface area contributed by atoms with Crippen molar-refractivity contribution in [3.05, 3.63) is 12.7 Å². The van der Waals surface area contributed by atoms with Gasteiger partial charge in [-0.05, 0) is 18.3 Å². The molecule has 0 rings (SSSR count). The molecule has 0 aliphatic rings. The third kappa shape index (κ3) is 4.23. The number of hydrogen-bond acceptors (Lipinski definition) is 0. The average molecular weight is 154 g/mol. The molecule has 11 heavy (non-hydrogen) atoms. The van der Waals surface area contributed by atoms with Crippen LogP contribution in [0.25, 0.3) is 0 Å². The van der Waals surface area contributed by atoms with Gasteiger partial charge in [0.05, 0.1) is 0 Å². The zero-order valence-electron chi connectivity index (χ0n) is 8.27. The van der Waals surface area contributed by atoms with Crippen LogP contribution in [0.5, 0.6) is 0 Å². The first-order chi connectivity index (χ1) is 5.26. The van der Waals surface area contributed by atoms with Gasteiger partial charge in [-0.25, -0.2) is 0 Å². The summed E-state index contributed by atoms with van der Waals surface area (Å²) < 4.78 is 0. The van der Waals surface area contributed by atoms with Gasteiger partial charge in [0.1, 0.15) is 0 Å². The summed E-state index contributed by atoms with van der Waals surface area (Å²) in [5, 5.41) is 0. The number of rotatable bonds is 6. The van der Waals surface area contributed by atoms with Crippen molar-refractivity contribution in [1.82, 2.24) is 0 Å². The monoisotopic (exact) mass is 154 g/mol. The van der Waals surface area contributed by atoms with Gasteiger partial charge in [0.25, 0.3) is 0 Å². The molecular formula is C11H22. The Hall–Kier alpha value is -0.260. The third-order valence-corrected chi connectivity index (χ3v) is 2.52. The van der Waals surface area contributed by atoms with Gasteiger partial charge in [0.2, 0.25) is 0 Å². The van der Waals surface area contributed by atoms with Gasteiger partial charge in [-0.1, -0.05) is 46.1 Å². The lowest BCUT2D eigenvalue weighted by atomic mass is 9.88. The third-order valence-electron chi connectivity index (χ3n) is 2.52. The van der Waals surface area contributed by atoms with Crippen LogP contribution in [-0.2, 0) is 0 Å². The van der Waals surface area contributed by atoms with Crippen LogP contribution in [0.2, 0.25) is 0 Å². The van der Waals surface area contributed by atoms with E-state index in [0.717, 1.165) is 11.8 Å². The van der Waals surface area contributed by atoms with E-state index in [0.29, 0.717) is 0 Å². The minimum absolute atomic E-state index is 0.738. The molecule has 0 N–H and O–H groups in total. The molecule has 0 aromatic carbocycles. The van der Waals surface area contributed by atoms with Crippen LogP contribution in [0.3, 0.4) is 0 Å². The summed E-state index contributed by atoms with van der Waals surface area (Å²) in [5.74, 6) is 1.57. The molecular weight excluding hydrogens is 132 g/mol. The molecule has 0 amide bonds. The molecule has 0 radical (unpaired) electrons. The Balaban J connectivity index is 3.59. The molecule has 2 unspecified atom stereocenters. The highest BCUT2D eigenvalue weighted by Crippen LogP contribution is 2.21. The van der Waals surface area contributed by atoms with Crippen molar-refractivity contribution in [1.29, 1.82) is 0 Å². The Bertz CT molecular complexity index is 94.2. The van der Waals surface area contributed by atoms with Crippen LogP contribution in [0, 0.1) is 11.8 Å². The molecule has 0 saturated carbocycles. The van der Waals surface area contributed by atoms with Gasteiger partial charge in [0.15, 0.2) is 0 Å². The lowest BCUT2D eigenvalue weighted by molar-refractivity contribution is 0.381. The second kappa shape index (κ2) is 6.45. The topological polar surface area (TPSA) is 0 Å². The van der Waals surface area contributed by atoms with E-state index in [1.54, 1.807) is 0 Å². The first-order valence-electron chi connectivity index (χ1n) is 4.88. The summed E-state index contributed by atoms with van der Waals surface area (Å²) in [6.45, 7) is 10.7. The van der Waals surface area contributed by atoms with Crippen molar-refractivity contribution in [3.63, 3.8) is 0 Å². The number of hydrogen-bond donors (Lipinski definition) is 0. The summed E-state index contributed by atoms with van der Waals surface area (Å²) in [4.78, 5) is 0. The van der Waals surface area contributed by atoms with E-state index in [1.165, 1.54) is 25.7 Å². The van der Waals surface area contributed by atoms with E-state index in [1.807, 2.05) is 0 Å². The Labute approximate surface area is 71.7 Å². The first-order valence-corrected chi connectivity index (χ1v) is 4.88.